The van der Waals surface area contributed by atoms with Gasteiger partial charge in [0.1, 0.15) is 11.5 Å². The number of rotatable bonds is 2. The van der Waals surface area contributed by atoms with Crippen LogP contribution in [0.3, 0.4) is 0 Å². The summed E-state index contributed by atoms with van der Waals surface area (Å²) in [4.78, 5) is 28.1. The summed E-state index contributed by atoms with van der Waals surface area (Å²) in [5, 5.41) is 11.2. The van der Waals surface area contributed by atoms with Crippen LogP contribution in [0.4, 0.5) is 0 Å². The van der Waals surface area contributed by atoms with E-state index in [0.29, 0.717) is 29.1 Å². The van der Waals surface area contributed by atoms with Crippen molar-refractivity contribution in [2.75, 3.05) is 13.7 Å². The molecular weight excluding hydrogens is 474 g/mol. The largest absolute Gasteiger partial charge is 0.507 e. The molecule has 0 saturated carbocycles. The predicted octanol–water partition coefficient (Wildman–Crippen LogP) is 6.18. The van der Waals surface area contributed by atoms with Crippen LogP contribution < -0.4 is 0 Å². The Bertz CT molecular complexity index is 1380. The maximum atomic E-state index is 14.0. The van der Waals surface area contributed by atoms with Crippen molar-refractivity contribution in [3.05, 3.63) is 93.3 Å². The number of morpholine rings is 1. The number of aromatic hydroxyl groups is 1. The molecule has 38 heavy (non-hydrogen) atoms. The molecule has 3 aliphatic rings. The van der Waals surface area contributed by atoms with Gasteiger partial charge in [0.05, 0.1) is 6.04 Å². The van der Waals surface area contributed by atoms with Crippen molar-refractivity contribution in [2.45, 2.75) is 70.8 Å². The van der Waals surface area contributed by atoms with E-state index in [4.69, 9.17) is 4.74 Å². The maximum absolute atomic E-state index is 14.0. The molecule has 1 saturated heterocycles. The third-order valence-corrected chi connectivity index (χ3v) is 7.97. The number of ether oxygens (including phenoxy) is 1. The standard InChI is InChI=1S/C33H37NO4/c1-32(2,3)24-14-19(15-25(31(24)37)33(4,5)6)13-23-29(20-11-9-8-10-12-20)21-16-26-27(17-22(21)30(23)36)38-18-28(35)34(26)7/h8-15,17,26,29,37H,16,18H2,1-7H3. The Kier molecular flexibility index (Phi) is 6.17. The average molecular weight is 512 g/mol. The zero-order valence-electron chi connectivity index (χ0n) is 23.4. The molecule has 1 amide bonds. The molecule has 1 heterocycles. The van der Waals surface area contributed by atoms with E-state index in [1.807, 2.05) is 42.5 Å². The van der Waals surface area contributed by atoms with Gasteiger partial charge in [-0.15, -0.1) is 0 Å². The Hall–Kier alpha value is -3.60. The minimum atomic E-state index is -0.275. The van der Waals surface area contributed by atoms with Crippen LogP contribution in [0.2, 0.25) is 0 Å². The number of phenols is 1. The van der Waals surface area contributed by atoms with Gasteiger partial charge in [-0.25, -0.2) is 0 Å². The van der Waals surface area contributed by atoms with E-state index < -0.39 is 0 Å². The molecule has 1 N–H and O–H groups in total. The maximum Gasteiger partial charge on any atom is 0.260 e. The van der Waals surface area contributed by atoms with Crippen molar-refractivity contribution in [1.29, 1.82) is 0 Å². The van der Waals surface area contributed by atoms with Gasteiger partial charge in [0.2, 0.25) is 0 Å². The number of Topliss-reactive ketones (excluding diaryl/α,β-unsaturated/α-hetero) is 1. The van der Waals surface area contributed by atoms with Crippen LogP contribution in [0.5, 0.6) is 5.75 Å². The summed E-state index contributed by atoms with van der Waals surface area (Å²) in [6.07, 6.45) is 4.41. The van der Waals surface area contributed by atoms with Crippen molar-refractivity contribution < 1.29 is 19.4 Å². The fourth-order valence-corrected chi connectivity index (χ4v) is 5.83. The van der Waals surface area contributed by atoms with E-state index in [2.05, 4.69) is 53.7 Å². The number of amides is 1. The van der Waals surface area contributed by atoms with E-state index in [-0.39, 0.29) is 41.1 Å². The summed E-state index contributed by atoms with van der Waals surface area (Å²) in [5.41, 5.74) is 5.52. The molecule has 0 spiro atoms. The first kappa shape index (κ1) is 26.0. The summed E-state index contributed by atoms with van der Waals surface area (Å²) in [6, 6.07) is 13.9. The summed E-state index contributed by atoms with van der Waals surface area (Å²) >= 11 is 0. The minimum Gasteiger partial charge on any atom is -0.507 e. The first-order valence-electron chi connectivity index (χ1n) is 13.3. The number of benzene rings is 2. The monoisotopic (exact) mass is 511 g/mol. The van der Waals surface area contributed by atoms with Crippen LogP contribution in [0, 0.1) is 0 Å². The lowest BCUT2D eigenvalue weighted by Crippen LogP contribution is -2.46. The third kappa shape index (κ3) is 4.38. The van der Waals surface area contributed by atoms with Crippen molar-refractivity contribution >= 4 is 17.8 Å². The highest BCUT2D eigenvalue weighted by atomic mass is 16.5. The quantitative estimate of drug-likeness (QED) is 0.489. The fourth-order valence-electron chi connectivity index (χ4n) is 5.83. The highest BCUT2D eigenvalue weighted by molar-refractivity contribution is 6.18. The summed E-state index contributed by atoms with van der Waals surface area (Å²) in [7, 11) is 1.80. The van der Waals surface area contributed by atoms with Crippen LogP contribution in [0.1, 0.15) is 76.1 Å². The zero-order valence-corrected chi connectivity index (χ0v) is 23.4. The number of hydrogen-bond acceptors (Lipinski definition) is 4. The number of hydrogen-bond donors (Lipinski definition) is 1. The number of carbonyl (C=O) groups is 2. The van der Waals surface area contributed by atoms with Crippen LogP contribution in [-0.2, 0) is 25.2 Å². The molecule has 1 fully saturated rings. The SMILES string of the molecule is CN1C(=O)COC2=CC3=C(CC21)C(c1ccccc1)C(=Cc1cc(C(C)(C)C)c(O)c(C(C)(C)C)c1)C3=O. The average Bonchev–Trinajstić information content (AvgIpc) is 3.11. The number of nitrogens with zero attached hydrogens (tertiary/aromatic N) is 1. The van der Waals surface area contributed by atoms with Crippen LogP contribution in [0.15, 0.2) is 71.0 Å². The van der Waals surface area contributed by atoms with Gasteiger partial charge in [0.25, 0.3) is 5.91 Å². The molecule has 2 unspecified atom stereocenters. The Morgan fingerprint density at radius 1 is 0.974 bits per heavy atom. The van der Waals surface area contributed by atoms with Crippen LogP contribution in [-0.4, -0.2) is 41.4 Å². The smallest absolute Gasteiger partial charge is 0.260 e. The molecule has 0 bridgehead atoms. The zero-order chi connectivity index (χ0) is 27.6. The number of likely N-dealkylation sites (N-methyl/N-ethyl adjacent to an activating group) is 1. The van der Waals surface area contributed by atoms with Gasteiger partial charge in [-0.2, -0.15) is 0 Å². The second-order valence-corrected chi connectivity index (χ2v) is 12.7. The summed E-state index contributed by atoms with van der Waals surface area (Å²) in [5.74, 6) is 0.723. The van der Waals surface area contributed by atoms with Crippen LogP contribution in [0.25, 0.3) is 6.08 Å². The van der Waals surface area contributed by atoms with Gasteiger partial charge < -0.3 is 14.7 Å². The highest BCUT2D eigenvalue weighted by Gasteiger charge is 2.44. The van der Waals surface area contributed by atoms with Crippen molar-refractivity contribution in [1.82, 2.24) is 4.90 Å². The van der Waals surface area contributed by atoms with E-state index >= 15 is 0 Å². The molecule has 1 aliphatic heterocycles. The summed E-state index contributed by atoms with van der Waals surface area (Å²) < 4.78 is 5.77. The minimum absolute atomic E-state index is 0.000877. The fraction of sp³-hybridized carbons (Fsp3) is 0.394. The van der Waals surface area contributed by atoms with E-state index in [0.717, 1.165) is 27.8 Å². The van der Waals surface area contributed by atoms with Gasteiger partial charge in [-0.3, -0.25) is 9.59 Å². The lowest BCUT2D eigenvalue weighted by atomic mass is 9.78. The molecule has 2 aromatic rings. The lowest BCUT2D eigenvalue weighted by Gasteiger charge is -2.37. The summed E-state index contributed by atoms with van der Waals surface area (Å²) in [6.45, 7) is 12.5. The first-order chi connectivity index (χ1) is 17.8. The van der Waals surface area contributed by atoms with Crippen molar-refractivity contribution in [3.63, 3.8) is 0 Å². The third-order valence-electron chi connectivity index (χ3n) is 7.97. The van der Waals surface area contributed by atoms with Crippen molar-refractivity contribution in [3.8, 4) is 5.75 Å². The number of allylic oxidation sites excluding steroid dienone is 3. The second kappa shape index (κ2) is 9.00. The molecule has 0 aromatic heterocycles. The molecule has 2 aliphatic carbocycles. The number of fused-ring (bicyclic) bond motifs is 1. The van der Waals surface area contributed by atoms with Gasteiger partial charge in [0.15, 0.2) is 12.4 Å². The Balaban J connectivity index is 1.69. The van der Waals surface area contributed by atoms with E-state index in [1.54, 1.807) is 11.9 Å². The first-order valence-corrected chi connectivity index (χ1v) is 13.3. The molecule has 5 heteroatoms. The molecular formula is C33H37NO4. The van der Waals surface area contributed by atoms with Gasteiger partial charge >= 0.3 is 0 Å². The molecule has 5 nitrogen and oxygen atoms in total. The van der Waals surface area contributed by atoms with Gasteiger partial charge in [0, 0.05) is 35.2 Å². The molecule has 2 aromatic carbocycles. The normalized spacial score (nSPS) is 22.9. The number of ketones is 1. The second-order valence-electron chi connectivity index (χ2n) is 12.7. The van der Waals surface area contributed by atoms with E-state index in [1.165, 1.54) is 0 Å². The van der Waals surface area contributed by atoms with Crippen molar-refractivity contribution in [2.24, 2.45) is 0 Å². The molecule has 2 atom stereocenters. The Morgan fingerprint density at radius 3 is 2.16 bits per heavy atom. The topological polar surface area (TPSA) is 66.8 Å². The molecule has 198 valence electrons. The Labute approximate surface area is 225 Å². The Morgan fingerprint density at radius 2 is 1.58 bits per heavy atom. The molecule has 5 rings (SSSR count). The van der Waals surface area contributed by atoms with Gasteiger partial charge in [-0.1, -0.05) is 71.9 Å². The van der Waals surface area contributed by atoms with Gasteiger partial charge in [-0.05, 0) is 58.2 Å². The lowest BCUT2D eigenvalue weighted by molar-refractivity contribution is -0.140. The number of phenolic OH excluding ortho intramolecular Hbond substituents is 1. The number of carbonyl (C=O) groups excluding carboxylic acids is 2. The highest BCUT2D eigenvalue weighted by Crippen LogP contribution is 2.49. The van der Waals surface area contributed by atoms with Crippen LogP contribution >= 0.6 is 0 Å². The predicted molar refractivity (Wildman–Crippen MR) is 150 cm³/mol. The molecule has 0 radical (unpaired) electrons. The van der Waals surface area contributed by atoms with E-state index in [9.17, 15) is 14.7 Å².